The molecule has 4 rings (SSSR count). The molecule has 0 saturated carbocycles. The molecule has 5 heteroatoms. The Morgan fingerprint density at radius 3 is 3.00 bits per heavy atom. The van der Waals surface area contributed by atoms with Crippen LogP contribution >= 0.6 is 23.4 Å². The molecular formula is C19H15ClN2OS. The SMILES string of the molecule is O=C(NC1CCSc2ccc(Cl)cc21)c1ccnc2ccccc12. The van der Waals surface area contributed by atoms with E-state index in [9.17, 15) is 4.79 Å². The maximum absolute atomic E-state index is 12.8. The molecule has 2 aromatic carbocycles. The first-order chi connectivity index (χ1) is 11.7. The van der Waals surface area contributed by atoms with Gasteiger partial charge in [0.25, 0.3) is 5.91 Å². The minimum Gasteiger partial charge on any atom is -0.345 e. The fraction of sp³-hybridized carbons (Fsp3) is 0.158. The van der Waals surface area contributed by atoms with E-state index < -0.39 is 0 Å². The van der Waals surface area contributed by atoms with Gasteiger partial charge < -0.3 is 5.32 Å². The van der Waals surface area contributed by atoms with Crippen molar-refractivity contribution in [2.24, 2.45) is 0 Å². The molecule has 1 aliphatic rings. The summed E-state index contributed by atoms with van der Waals surface area (Å²) in [4.78, 5) is 18.4. The Labute approximate surface area is 149 Å². The van der Waals surface area contributed by atoms with E-state index in [1.54, 1.807) is 24.0 Å². The lowest BCUT2D eigenvalue weighted by Gasteiger charge is -2.26. The topological polar surface area (TPSA) is 42.0 Å². The number of pyridine rings is 1. The molecule has 0 radical (unpaired) electrons. The normalized spacial score (nSPS) is 16.6. The summed E-state index contributed by atoms with van der Waals surface area (Å²) in [5.41, 5.74) is 2.58. The number of carbonyl (C=O) groups is 1. The summed E-state index contributed by atoms with van der Waals surface area (Å²) < 4.78 is 0. The number of para-hydroxylation sites is 1. The number of aromatic nitrogens is 1. The van der Waals surface area contributed by atoms with E-state index in [4.69, 9.17) is 11.6 Å². The number of halogens is 1. The first-order valence-electron chi connectivity index (χ1n) is 7.79. The highest BCUT2D eigenvalue weighted by Gasteiger charge is 2.23. The summed E-state index contributed by atoms with van der Waals surface area (Å²) in [6, 6.07) is 15.3. The lowest BCUT2D eigenvalue weighted by atomic mass is 10.0. The van der Waals surface area contributed by atoms with Crippen LogP contribution in [-0.4, -0.2) is 16.6 Å². The quantitative estimate of drug-likeness (QED) is 0.715. The van der Waals surface area contributed by atoms with E-state index in [0.29, 0.717) is 10.6 Å². The summed E-state index contributed by atoms with van der Waals surface area (Å²) in [6.45, 7) is 0. The first-order valence-corrected chi connectivity index (χ1v) is 9.15. The van der Waals surface area contributed by atoms with Crippen molar-refractivity contribution in [3.8, 4) is 0 Å². The van der Waals surface area contributed by atoms with Gasteiger partial charge in [0.05, 0.1) is 17.1 Å². The molecule has 1 unspecified atom stereocenters. The predicted octanol–water partition coefficient (Wildman–Crippen LogP) is 4.86. The molecule has 0 spiro atoms. The van der Waals surface area contributed by atoms with E-state index in [1.807, 2.05) is 42.5 Å². The Bertz CT molecular complexity index is 923. The molecule has 24 heavy (non-hydrogen) atoms. The third-order valence-corrected chi connectivity index (χ3v) is 5.57. The van der Waals surface area contributed by atoms with Crippen molar-refractivity contribution in [1.82, 2.24) is 10.3 Å². The van der Waals surface area contributed by atoms with Crippen molar-refractivity contribution in [1.29, 1.82) is 0 Å². The molecule has 120 valence electrons. The fourth-order valence-electron chi connectivity index (χ4n) is 3.05. The smallest absolute Gasteiger partial charge is 0.252 e. The summed E-state index contributed by atoms with van der Waals surface area (Å²) in [6.07, 6.45) is 2.57. The minimum absolute atomic E-state index is 0.0145. The number of nitrogens with one attached hydrogen (secondary N) is 1. The van der Waals surface area contributed by atoms with E-state index >= 15 is 0 Å². The van der Waals surface area contributed by atoms with E-state index in [2.05, 4.69) is 10.3 Å². The zero-order valence-electron chi connectivity index (χ0n) is 12.8. The number of hydrogen-bond acceptors (Lipinski definition) is 3. The Kier molecular flexibility index (Phi) is 4.17. The highest BCUT2D eigenvalue weighted by Crippen LogP contribution is 2.37. The third-order valence-electron chi connectivity index (χ3n) is 4.21. The second-order valence-electron chi connectivity index (χ2n) is 5.72. The molecule has 1 amide bonds. The summed E-state index contributed by atoms with van der Waals surface area (Å²) >= 11 is 7.95. The lowest BCUT2D eigenvalue weighted by molar-refractivity contribution is 0.0936. The number of rotatable bonds is 2. The second kappa shape index (κ2) is 6.46. The summed E-state index contributed by atoms with van der Waals surface area (Å²) in [5, 5.41) is 4.74. The van der Waals surface area contributed by atoms with Crippen molar-refractivity contribution in [3.63, 3.8) is 0 Å². The van der Waals surface area contributed by atoms with Gasteiger partial charge in [0.1, 0.15) is 0 Å². The maximum Gasteiger partial charge on any atom is 0.252 e. The van der Waals surface area contributed by atoms with Gasteiger partial charge in [-0.15, -0.1) is 11.8 Å². The number of benzene rings is 2. The highest BCUT2D eigenvalue weighted by molar-refractivity contribution is 7.99. The number of nitrogens with zero attached hydrogens (tertiary/aromatic N) is 1. The minimum atomic E-state index is -0.0728. The lowest BCUT2D eigenvalue weighted by Crippen LogP contribution is -2.30. The van der Waals surface area contributed by atoms with Gasteiger partial charge in [0.2, 0.25) is 0 Å². The Morgan fingerprint density at radius 2 is 2.08 bits per heavy atom. The number of thioether (sulfide) groups is 1. The molecule has 1 N–H and O–H groups in total. The molecule has 1 atom stereocenters. The van der Waals surface area contributed by atoms with Crippen LogP contribution in [0.15, 0.2) is 59.6 Å². The molecule has 3 aromatic rings. The molecule has 2 heterocycles. The maximum atomic E-state index is 12.8. The standard InChI is InChI=1S/C19H15ClN2OS/c20-12-5-6-18-15(11-12)17(8-10-24-18)22-19(23)14-7-9-21-16-4-2-1-3-13(14)16/h1-7,9,11,17H,8,10H2,(H,22,23). The van der Waals surface area contributed by atoms with Gasteiger partial charge in [-0.05, 0) is 42.3 Å². The Morgan fingerprint density at radius 1 is 1.21 bits per heavy atom. The second-order valence-corrected chi connectivity index (χ2v) is 7.29. The average Bonchev–Trinajstić information content (AvgIpc) is 2.61. The van der Waals surface area contributed by atoms with E-state index in [1.165, 1.54) is 4.90 Å². The Hall–Kier alpha value is -2.04. The van der Waals surface area contributed by atoms with E-state index in [0.717, 1.165) is 28.6 Å². The number of amides is 1. The van der Waals surface area contributed by atoms with Crippen LogP contribution in [0, 0.1) is 0 Å². The molecule has 0 saturated heterocycles. The fourth-order valence-corrected chi connectivity index (χ4v) is 4.33. The molecular weight excluding hydrogens is 340 g/mol. The number of hydrogen-bond donors (Lipinski definition) is 1. The molecule has 3 nitrogen and oxygen atoms in total. The van der Waals surface area contributed by atoms with Crippen LogP contribution in [0.4, 0.5) is 0 Å². The van der Waals surface area contributed by atoms with Crippen LogP contribution < -0.4 is 5.32 Å². The monoisotopic (exact) mass is 354 g/mol. The third kappa shape index (κ3) is 2.87. The molecule has 0 fully saturated rings. The summed E-state index contributed by atoms with van der Waals surface area (Å²) in [5.74, 6) is 0.910. The van der Waals surface area contributed by atoms with Gasteiger partial charge >= 0.3 is 0 Å². The van der Waals surface area contributed by atoms with Crippen LogP contribution in [0.5, 0.6) is 0 Å². The van der Waals surface area contributed by atoms with Gasteiger partial charge in [-0.3, -0.25) is 9.78 Å². The largest absolute Gasteiger partial charge is 0.345 e. The molecule has 1 aliphatic heterocycles. The molecule has 0 bridgehead atoms. The highest BCUT2D eigenvalue weighted by atomic mass is 35.5. The van der Waals surface area contributed by atoms with Crippen LogP contribution in [0.25, 0.3) is 10.9 Å². The van der Waals surface area contributed by atoms with Crippen molar-refractivity contribution in [3.05, 3.63) is 70.9 Å². The zero-order valence-corrected chi connectivity index (χ0v) is 14.4. The Balaban J connectivity index is 1.67. The van der Waals surface area contributed by atoms with Crippen LogP contribution in [0.2, 0.25) is 5.02 Å². The van der Waals surface area contributed by atoms with Crippen molar-refractivity contribution in [2.45, 2.75) is 17.4 Å². The van der Waals surface area contributed by atoms with Gasteiger partial charge in [-0.25, -0.2) is 0 Å². The van der Waals surface area contributed by atoms with Gasteiger partial charge in [-0.2, -0.15) is 0 Å². The van der Waals surface area contributed by atoms with Gasteiger partial charge in [0.15, 0.2) is 0 Å². The number of fused-ring (bicyclic) bond motifs is 2. The predicted molar refractivity (Wildman–Crippen MR) is 98.7 cm³/mol. The van der Waals surface area contributed by atoms with Crippen molar-refractivity contribution < 1.29 is 4.79 Å². The average molecular weight is 355 g/mol. The molecule has 1 aromatic heterocycles. The zero-order chi connectivity index (χ0) is 16.5. The summed E-state index contributed by atoms with van der Waals surface area (Å²) in [7, 11) is 0. The van der Waals surface area contributed by atoms with Crippen molar-refractivity contribution >= 4 is 40.2 Å². The van der Waals surface area contributed by atoms with Crippen molar-refractivity contribution in [2.75, 3.05) is 5.75 Å². The van der Waals surface area contributed by atoms with Crippen LogP contribution in [0.3, 0.4) is 0 Å². The van der Waals surface area contributed by atoms with Gasteiger partial charge in [-0.1, -0.05) is 29.8 Å². The first kappa shape index (κ1) is 15.5. The van der Waals surface area contributed by atoms with Crippen LogP contribution in [-0.2, 0) is 0 Å². The van der Waals surface area contributed by atoms with E-state index in [-0.39, 0.29) is 11.9 Å². The molecule has 0 aliphatic carbocycles. The van der Waals surface area contributed by atoms with Gasteiger partial charge in [0, 0.05) is 27.3 Å². The van der Waals surface area contributed by atoms with Crippen LogP contribution in [0.1, 0.15) is 28.4 Å². The number of carbonyl (C=O) groups excluding carboxylic acids is 1.